The fourth-order valence-electron chi connectivity index (χ4n) is 6.15. The Balaban J connectivity index is 2.58. The molecular weight excluding hydrogens is 590 g/mol. The number of hydrogen-bond donors (Lipinski definition) is 5. The molecule has 2 aromatic carbocycles. The van der Waals surface area contributed by atoms with Gasteiger partial charge in [0.1, 0.15) is 12.2 Å². The van der Waals surface area contributed by atoms with Gasteiger partial charge in [0.25, 0.3) is 0 Å². The molecule has 254 valence electrons. The van der Waals surface area contributed by atoms with Gasteiger partial charge in [-0.2, -0.15) is 0 Å². The number of aliphatic hydroxyl groups is 4. The minimum Gasteiger partial charge on any atom is -0.382 e. The predicted molar refractivity (Wildman–Crippen MR) is 175 cm³/mol. The number of carbonyl (C=O) groups is 4. The summed E-state index contributed by atoms with van der Waals surface area (Å²) in [6.07, 6.45) is -6.67. The second kappa shape index (κ2) is 11.6. The van der Waals surface area contributed by atoms with Crippen LogP contribution in [0, 0.1) is 21.7 Å². The van der Waals surface area contributed by atoms with Crippen molar-refractivity contribution < 1.29 is 44.3 Å². The lowest BCUT2D eigenvalue weighted by Crippen LogP contribution is -2.90. The van der Waals surface area contributed by atoms with Crippen LogP contribution >= 0.6 is 0 Å². The van der Waals surface area contributed by atoms with E-state index in [2.05, 4.69) is 5.32 Å². The first kappa shape index (κ1) is 37.4. The van der Waals surface area contributed by atoms with Crippen LogP contribution in [0.15, 0.2) is 42.5 Å². The van der Waals surface area contributed by atoms with E-state index in [0.29, 0.717) is 11.1 Å². The molecule has 10 heteroatoms. The molecule has 0 spiro atoms. The van der Waals surface area contributed by atoms with E-state index >= 15 is 0 Å². The Morgan fingerprint density at radius 2 is 1.13 bits per heavy atom. The summed E-state index contributed by atoms with van der Waals surface area (Å²) in [4.78, 5) is 57.3. The van der Waals surface area contributed by atoms with Gasteiger partial charge in [0.05, 0.1) is 0 Å². The molecular formula is C36H51NO9. The van der Waals surface area contributed by atoms with E-state index in [4.69, 9.17) is 4.74 Å². The van der Waals surface area contributed by atoms with Crippen molar-refractivity contribution in [1.82, 2.24) is 0 Å². The van der Waals surface area contributed by atoms with Crippen LogP contribution in [0.3, 0.4) is 0 Å². The summed E-state index contributed by atoms with van der Waals surface area (Å²) >= 11 is 0. The number of rotatable bonds is 7. The molecule has 1 heterocycles. The molecule has 0 aromatic heterocycles. The zero-order valence-corrected chi connectivity index (χ0v) is 29.1. The van der Waals surface area contributed by atoms with Crippen LogP contribution in [-0.4, -0.2) is 78.8 Å². The van der Waals surface area contributed by atoms with Crippen LogP contribution in [0.4, 0.5) is 5.69 Å². The van der Waals surface area contributed by atoms with Crippen molar-refractivity contribution >= 4 is 39.6 Å². The number of ether oxygens (including phenoxy) is 1. The molecule has 1 saturated heterocycles. The van der Waals surface area contributed by atoms with Crippen molar-refractivity contribution in [3.63, 3.8) is 0 Å². The Kier molecular flexibility index (Phi) is 9.44. The fourth-order valence-corrected chi connectivity index (χ4v) is 6.15. The molecule has 5 N–H and O–H groups in total. The molecule has 3 rings (SSSR count). The zero-order chi connectivity index (χ0) is 35.6. The fraction of sp³-hybridized carbons (Fsp3) is 0.611. The molecule has 2 aromatic rings. The van der Waals surface area contributed by atoms with Gasteiger partial charge in [0.2, 0.25) is 11.2 Å². The van der Waals surface area contributed by atoms with Crippen LogP contribution in [0.25, 0.3) is 10.8 Å². The van der Waals surface area contributed by atoms with Crippen molar-refractivity contribution in [2.75, 3.05) is 5.32 Å². The molecule has 0 bridgehead atoms. The van der Waals surface area contributed by atoms with Gasteiger partial charge in [-0.05, 0) is 11.5 Å². The first-order valence-corrected chi connectivity index (χ1v) is 15.5. The summed E-state index contributed by atoms with van der Waals surface area (Å²) in [5.74, 6) is -4.50. The van der Waals surface area contributed by atoms with Gasteiger partial charge in [-0.1, -0.05) is 119 Å². The minimum atomic E-state index is -3.66. The van der Waals surface area contributed by atoms with Crippen molar-refractivity contribution in [2.24, 2.45) is 21.7 Å². The third-order valence-corrected chi connectivity index (χ3v) is 8.61. The molecule has 10 nitrogen and oxygen atoms in total. The smallest absolute Gasteiger partial charge is 0.207 e. The van der Waals surface area contributed by atoms with E-state index in [-0.39, 0.29) is 0 Å². The molecule has 46 heavy (non-hydrogen) atoms. The molecule has 1 aliphatic rings. The number of Topliss-reactive ketones (excluding diaryl/α,β-unsaturated/α-hetero) is 4. The van der Waals surface area contributed by atoms with Crippen LogP contribution < -0.4 is 5.32 Å². The molecule has 0 radical (unpaired) electrons. The number of aliphatic hydroxyl groups excluding tert-OH is 1. The summed E-state index contributed by atoms with van der Waals surface area (Å²) in [6, 6.07) is 12.3. The number of carbonyl (C=O) groups excluding carboxylic acids is 4. The largest absolute Gasteiger partial charge is 0.382 e. The topological polar surface area (TPSA) is 170 Å². The van der Waals surface area contributed by atoms with Gasteiger partial charge in [0.15, 0.2) is 35.0 Å². The Morgan fingerprint density at radius 1 is 0.674 bits per heavy atom. The SMILES string of the molecule is CC(C)(C)C(=O)C(O)[C@H]1OC(Nc2cccc3ccccc23)[C@@](O)(C(=O)C(C)(C)C)[C@](O)(C(=O)C(C)(C)C)[C@@]1(O)C(=O)C(C)(C)C. The third-order valence-electron chi connectivity index (χ3n) is 8.61. The summed E-state index contributed by atoms with van der Waals surface area (Å²) in [7, 11) is 0. The van der Waals surface area contributed by atoms with Crippen molar-refractivity contribution in [1.29, 1.82) is 0 Å². The van der Waals surface area contributed by atoms with Crippen molar-refractivity contribution in [3.8, 4) is 0 Å². The lowest BCUT2D eigenvalue weighted by Gasteiger charge is -2.61. The highest BCUT2D eigenvalue weighted by Crippen LogP contribution is 2.53. The Labute approximate surface area is 271 Å². The van der Waals surface area contributed by atoms with Crippen molar-refractivity contribution in [2.45, 2.75) is 118 Å². The second-order valence-corrected chi connectivity index (χ2v) is 16.6. The number of benzene rings is 2. The van der Waals surface area contributed by atoms with E-state index in [1.54, 1.807) is 24.3 Å². The average Bonchev–Trinajstić information content (AvgIpc) is 2.93. The van der Waals surface area contributed by atoms with Gasteiger partial charge in [-0.25, -0.2) is 0 Å². The molecule has 0 saturated carbocycles. The first-order valence-electron chi connectivity index (χ1n) is 15.5. The van der Waals surface area contributed by atoms with E-state index in [0.717, 1.165) is 5.39 Å². The van der Waals surface area contributed by atoms with Crippen LogP contribution in [0.2, 0.25) is 0 Å². The van der Waals surface area contributed by atoms with E-state index in [1.165, 1.54) is 83.1 Å². The Hall–Kier alpha value is -3.02. The number of anilines is 1. The lowest BCUT2D eigenvalue weighted by molar-refractivity contribution is -0.329. The number of nitrogens with one attached hydrogen (secondary N) is 1. The highest BCUT2D eigenvalue weighted by atomic mass is 16.6. The zero-order valence-electron chi connectivity index (χ0n) is 29.1. The normalized spacial score (nSPS) is 28.4. The quantitative estimate of drug-likeness (QED) is 0.298. The number of fused-ring (bicyclic) bond motifs is 1. The first-order chi connectivity index (χ1) is 20.6. The highest BCUT2D eigenvalue weighted by Gasteiger charge is 2.83. The molecule has 0 amide bonds. The summed E-state index contributed by atoms with van der Waals surface area (Å²) in [5.41, 5.74) is -16.1. The van der Waals surface area contributed by atoms with Gasteiger partial charge in [-0.3, -0.25) is 19.2 Å². The summed E-state index contributed by atoms with van der Waals surface area (Å²) < 4.78 is 6.20. The van der Waals surface area contributed by atoms with E-state index < -0.39 is 80.0 Å². The maximum absolute atomic E-state index is 14.7. The monoisotopic (exact) mass is 641 g/mol. The maximum atomic E-state index is 14.7. The van der Waals surface area contributed by atoms with Crippen LogP contribution in [0.5, 0.6) is 0 Å². The van der Waals surface area contributed by atoms with Crippen LogP contribution in [-0.2, 0) is 23.9 Å². The van der Waals surface area contributed by atoms with E-state index in [9.17, 15) is 39.6 Å². The van der Waals surface area contributed by atoms with Gasteiger partial charge >= 0.3 is 0 Å². The third kappa shape index (κ3) is 5.83. The molecule has 6 atom stereocenters. The van der Waals surface area contributed by atoms with E-state index in [1.807, 2.05) is 18.2 Å². The van der Waals surface area contributed by atoms with Gasteiger partial charge in [-0.15, -0.1) is 0 Å². The molecule has 0 aliphatic carbocycles. The Morgan fingerprint density at radius 3 is 1.61 bits per heavy atom. The number of ketones is 4. The maximum Gasteiger partial charge on any atom is 0.207 e. The van der Waals surface area contributed by atoms with Gasteiger partial charge in [0, 0.05) is 32.7 Å². The number of hydrogen-bond acceptors (Lipinski definition) is 10. The van der Waals surface area contributed by atoms with Crippen molar-refractivity contribution in [3.05, 3.63) is 42.5 Å². The molecule has 1 fully saturated rings. The minimum absolute atomic E-state index is 0.303. The van der Waals surface area contributed by atoms with Crippen LogP contribution in [0.1, 0.15) is 83.1 Å². The standard InChI is InChI=1S/C36H51NO9/c1-30(2,3)24(39)23(38)25-34(43,26(40)31(4,5)6)36(45,28(42)33(10,11)12)35(44,27(41)32(7,8)9)29(46-25)37-22-19-15-17-20-16-13-14-18-21(20)22/h13-19,23,25,29,37-38,43-45H,1-12H3/t23?,25-,29?,34+,35+,36+/m1/s1. The molecule has 1 aliphatic heterocycles. The average molecular weight is 642 g/mol. The predicted octanol–water partition coefficient (Wildman–Crippen LogP) is 3.99. The summed E-state index contributed by atoms with van der Waals surface area (Å²) in [5, 5.41) is 54.7. The van der Waals surface area contributed by atoms with Gasteiger partial charge < -0.3 is 30.5 Å². The highest BCUT2D eigenvalue weighted by molar-refractivity contribution is 6.11. The second-order valence-electron chi connectivity index (χ2n) is 16.6. The summed E-state index contributed by atoms with van der Waals surface area (Å²) in [6.45, 7) is 17.2. The molecule has 2 unspecified atom stereocenters. The Bertz CT molecular complexity index is 1530. The lowest BCUT2D eigenvalue weighted by atomic mass is 9.52.